The van der Waals surface area contributed by atoms with Gasteiger partial charge in [-0.05, 0) is 54.7 Å². The SMILES string of the molecule is COC(=O)c1cccc(COC(=O)CCc2ccc(S(=O)(=O)N3CCCCC3)cc2)c1. The standard InChI is InChI=1S/C23H27NO6S/c1-29-23(26)20-7-5-6-19(16-20)17-30-22(25)13-10-18-8-11-21(12-9-18)31(27,28)24-14-3-2-4-15-24/h5-9,11-12,16H,2-4,10,13-15,17H2,1H3. The molecule has 166 valence electrons. The maximum Gasteiger partial charge on any atom is 0.337 e. The Morgan fingerprint density at radius 2 is 1.68 bits per heavy atom. The van der Waals surface area contributed by atoms with E-state index in [2.05, 4.69) is 4.74 Å². The highest BCUT2D eigenvalue weighted by Crippen LogP contribution is 2.21. The van der Waals surface area contributed by atoms with Crippen molar-refractivity contribution >= 4 is 22.0 Å². The minimum Gasteiger partial charge on any atom is -0.465 e. The Labute approximate surface area is 183 Å². The van der Waals surface area contributed by atoms with Gasteiger partial charge in [-0.2, -0.15) is 4.31 Å². The monoisotopic (exact) mass is 445 g/mol. The van der Waals surface area contributed by atoms with Crippen molar-refractivity contribution in [1.82, 2.24) is 4.31 Å². The van der Waals surface area contributed by atoms with Crippen molar-refractivity contribution in [2.24, 2.45) is 0 Å². The lowest BCUT2D eigenvalue weighted by Gasteiger charge is -2.25. The highest BCUT2D eigenvalue weighted by molar-refractivity contribution is 7.89. The summed E-state index contributed by atoms with van der Waals surface area (Å²) in [6, 6.07) is 13.4. The number of carbonyl (C=O) groups excluding carboxylic acids is 2. The average Bonchev–Trinajstić information content (AvgIpc) is 2.82. The zero-order valence-electron chi connectivity index (χ0n) is 17.6. The van der Waals surface area contributed by atoms with E-state index in [4.69, 9.17) is 4.74 Å². The molecule has 0 unspecified atom stereocenters. The first-order chi connectivity index (χ1) is 14.9. The van der Waals surface area contributed by atoms with E-state index in [0.717, 1.165) is 24.8 Å². The van der Waals surface area contributed by atoms with Gasteiger partial charge in [0.2, 0.25) is 10.0 Å². The van der Waals surface area contributed by atoms with Gasteiger partial charge in [-0.3, -0.25) is 4.79 Å². The van der Waals surface area contributed by atoms with Gasteiger partial charge in [0.25, 0.3) is 0 Å². The van der Waals surface area contributed by atoms with Gasteiger partial charge in [-0.25, -0.2) is 13.2 Å². The second-order valence-electron chi connectivity index (χ2n) is 7.46. The minimum absolute atomic E-state index is 0.0662. The molecule has 31 heavy (non-hydrogen) atoms. The molecule has 2 aromatic rings. The molecule has 8 heteroatoms. The van der Waals surface area contributed by atoms with Crippen LogP contribution < -0.4 is 0 Å². The van der Waals surface area contributed by atoms with E-state index >= 15 is 0 Å². The predicted molar refractivity (Wildman–Crippen MR) is 115 cm³/mol. The lowest BCUT2D eigenvalue weighted by molar-refractivity contribution is -0.144. The van der Waals surface area contributed by atoms with Crippen LogP contribution in [0.1, 0.15) is 47.2 Å². The molecule has 2 aromatic carbocycles. The molecule has 0 N–H and O–H groups in total. The summed E-state index contributed by atoms with van der Waals surface area (Å²) >= 11 is 0. The number of piperidine rings is 1. The van der Waals surface area contributed by atoms with Gasteiger partial charge in [0, 0.05) is 19.5 Å². The number of carbonyl (C=O) groups is 2. The van der Waals surface area contributed by atoms with Crippen LogP contribution in [-0.2, 0) is 37.3 Å². The minimum atomic E-state index is -3.45. The van der Waals surface area contributed by atoms with Crippen molar-refractivity contribution in [3.63, 3.8) is 0 Å². The molecule has 0 saturated carbocycles. The van der Waals surface area contributed by atoms with Crippen LogP contribution in [0.25, 0.3) is 0 Å². The lowest BCUT2D eigenvalue weighted by Crippen LogP contribution is -2.35. The summed E-state index contributed by atoms with van der Waals surface area (Å²) < 4.78 is 36.9. The molecule has 0 radical (unpaired) electrons. The number of rotatable bonds is 8. The van der Waals surface area contributed by atoms with Gasteiger partial charge < -0.3 is 9.47 Å². The van der Waals surface area contributed by atoms with Crippen molar-refractivity contribution in [3.8, 4) is 0 Å². The summed E-state index contributed by atoms with van der Waals surface area (Å²) in [5, 5.41) is 0. The second-order valence-corrected chi connectivity index (χ2v) is 9.40. The van der Waals surface area contributed by atoms with Gasteiger partial charge in [0.05, 0.1) is 17.6 Å². The fourth-order valence-corrected chi connectivity index (χ4v) is 4.99. The van der Waals surface area contributed by atoms with Crippen molar-refractivity contribution in [2.75, 3.05) is 20.2 Å². The zero-order chi connectivity index (χ0) is 22.3. The predicted octanol–water partition coefficient (Wildman–Crippen LogP) is 3.32. The number of aryl methyl sites for hydroxylation is 1. The summed E-state index contributed by atoms with van der Waals surface area (Å²) in [5.74, 6) is -0.813. The largest absolute Gasteiger partial charge is 0.465 e. The number of methoxy groups -OCH3 is 1. The van der Waals surface area contributed by atoms with Crippen molar-refractivity contribution in [1.29, 1.82) is 0 Å². The lowest BCUT2D eigenvalue weighted by atomic mass is 10.1. The molecule has 0 aromatic heterocycles. The Bertz CT molecular complexity index is 1010. The summed E-state index contributed by atoms with van der Waals surface area (Å²) in [6.45, 7) is 1.20. The first-order valence-electron chi connectivity index (χ1n) is 10.3. The van der Waals surface area contributed by atoms with E-state index in [1.165, 1.54) is 11.4 Å². The third-order valence-electron chi connectivity index (χ3n) is 5.24. The van der Waals surface area contributed by atoms with E-state index in [0.29, 0.717) is 30.6 Å². The molecule has 0 bridgehead atoms. The number of nitrogens with zero attached hydrogens (tertiary/aromatic N) is 1. The van der Waals surface area contributed by atoms with Gasteiger partial charge in [-0.1, -0.05) is 30.7 Å². The number of benzene rings is 2. The molecule has 1 saturated heterocycles. The maximum absolute atomic E-state index is 12.7. The second kappa shape index (κ2) is 10.5. The molecule has 1 aliphatic heterocycles. The Kier molecular flexibility index (Phi) is 7.81. The maximum atomic E-state index is 12.7. The van der Waals surface area contributed by atoms with Gasteiger partial charge in [0.1, 0.15) is 6.61 Å². The normalized spacial score (nSPS) is 14.7. The Morgan fingerprint density at radius 3 is 2.35 bits per heavy atom. The van der Waals surface area contributed by atoms with E-state index < -0.39 is 16.0 Å². The highest BCUT2D eigenvalue weighted by atomic mass is 32.2. The van der Waals surface area contributed by atoms with Crippen LogP contribution in [0.5, 0.6) is 0 Å². The molecule has 0 aliphatic carbocycles. The zero-order valence-corrected chi connectivity index (χ0v) is 18.4. The van der Waals surface area contributed by atoms with E-state index in [9.17, 15) is 18.0 Å². The van der Waals surface area contributed by atoms with Crippen molar-refractivity contribution < 1.29 is 27.5 Å². The van der Waals surface area contributed by atoms with Crippen LogP contribution >= 0.6 is 0 Å². The van der Waals surface area contributed by atoms with Crippen LogP contribution in [0, 0.1) is 0 Å². The van der Waals surface area contributed by atoms with E-state index in [1.807, 2.05) is 0 Å². The smallest absolute Gasteiger partial charge is 0.337 e. The fraction of sp³-hybridized carbons (Fsp3) is 0.391. The molecule has 0 spiro atoms. The third kappa shape index (κ3) is 6.15. The molecule has 1 fully saturated rings. The quantitative estimate of drug-likeness (QED) is 0.579. The van der Waals surface area contributed by atoms with Crippen LogP contribution in [0.2, 0.25) is 0 Å². The molecule has 1 heterocycles. The molecule has 3 rings (SSSR count). The molecular weight excluding hydrogens is 418 g/mol. The molecular formula is C23H27NO6S. The third-order valence-corrected chi connectivity index (χ3v) is 7.15. The Morgan fingerprint density at radius 1 is 0.968 bits per heavy atom. The highest BCUT2D eigenvalue weighted by Gasteiger charge is 2.25. The summed E-state index contributed by atoms with van der Waals surface area (Å²) in [5.41, 5.74) is 1.96. The van der Waals surface area contributed by atoms with Gasteiger partial charge >= 0.3 is 11.9 Å². The van der Waals surface area contributed by atoms with Crippen LogP contribution in [0.3, 0.4) is 0 Å². The summed E-state index contributed by atoms with van der Waals surface area (Å²) in [4.78, 5) is 23.9. The summed E-state index contributed by atoms with van der Waals surface area (Å²) in [7, 11) is -2.14. The van der Waals surface area contributed by atoms with Gasteiger partial charge in [0.15, 0.2) is 0 Å². The molecule has 1 aliphatic rings. The summed E-state index contributed by atoms with van der Waals surface area (Å²) in [6.07, 6.45) is 3.48. The first kappa shape index (κ1) is 23.0. The van der Waals surface area contributed by atoms with Crippen LogP contribution in [0.15, 0.2) is 53.4 Å². The molecule has 0 amide bonds. The number of esters is 2. The fourth-order valence-electron chi connectivity index (χ4n) is 3.47. The van der Waals surface area contributed by atoms with Crippen LogP contribution in [-0.4, -0.2) is 44.9 Å². The van der Waals surface area contributed by atoms with Crippen LogP contribution in [0.4, 0.5) is 0 Å². The topological polar surface area (TPSA) is 90.0 Å². The number of hydrogen-bond acceptors (Lipinski definition) is 6. The number of ether oxygens (including phenoxy) is 2. The van der Waals surface area contributed by atoms with Crippen molar-refractivity contribution in [3.05, 3.63) is 65.2 Å². The molecule has 0 atom stereocenters. The molecule has 7 nitrogen and oxygen atoms in total. The van der Waals surface area contributed by atoms with E-state index in [-0.39, 0.29) is 23.9 Å². The number of sulfonamides is 1. The number of hydrogen-bond donors (Lipinski definition) is 0. The average molecular weight is 446 g/mol. The Balaban J connectivity index is 1.50. The Hall–Kier alpha value is -2.71. The van der Waals surface area contributed by atoms with Gasteiger partial charge in [-0.15, -0.1) is 0 Å². The van der Waals surface area contributed by atoms with Crippen molar-refractivity contribution in [2.45, 2.75) is 43.6 Å². The van der Waals surface area contributed by atoms with E-state index in [1.54, 1.807) is 48.5 Å². The first-order valence-corrected chi connectivity index (χ1v) is 11.8.